The largest absolute Gasteiger partial charge is 0.383 e. The molecule has 4 heterocycles. The lowest BCUT2D eigenvalue weighted by molar-refractivity contribution is 0.0715. The molecule has 0 radical (unpaired) electrons. The van der Waals surface area contributed by atoms with Gasteiger partial charge in [-0.2, -0.15) is 0 Å². The third kappa shape index (κ3) is 4.10. The number of methoxy groups -OCH3 is 1. The summed E-state index contributed by atoms with van der Waals surface area (Å²) < 4.78 is 7.38. The fourth-order valence-corrected chi connectivity index (χ4v) is 5.22. The highest BCUT2D eigenvalue weighted by molar-refractivity contribution is 7.14. The van der Waals surface area contributed by atoms with Crippen LogP contribution in [0.4, 0.5) is 0 Å². The predicted octanol–water partition coefficient (Wildman–Crippen LogP) is 3.04. The second-order valence-corrected chi connectivity index (χ2v) is 8.50. The number of hydrogen-bond donors (Lipinski definition) is 1. The van der Waals surface area contributed by atoms with Crippen molar-refractivity contribution in [3.63, 3.8) is 0 Å². The summed E-state index contributed by atoms with van der Waals surface area (Å²) in [6.45, 7) is 4.21. The summed E-state index contributed by atoms with van der Waals surface area (Å²) in [6.07, 6.45) is 8.23. The molecule has 4 rings (SSSR count). The molecule has 146 valence electrons. The van der Waals surface area contributed by atoms with E-state index in [1.54, 1.807) is 18.4 Å². The average Bonchev–Trinajstić information content (AvgIpc) is 3.47. The van der Waals surface area contributed by atoms with Crippen molar-refractivity contribution in [1.82, 2.24) is 19.8 Å². The number of aromatic nitrogens is 2. The SMILES string of the molecule is COCCn1ccnc1C1CCN(C(=O)c2ccc(C3CCCN3)s2)CC1. The molecule has 1 atom stereocenters. The molecule has 0 saturated carbocycles. The number of likely N-dealkylation sites (tertiary alicyclic amines) is 1. The van der Waals surface area contributed by atoms with Crippen LogP contribution in [0.15, 0.2) is 24.5 Å². The molecule has 2 aliphatic rings. The van der Waals surface area contributed by atoms with E-state index in [0.717, 1.165) is 49.7 Å². The van der Waals surface area contributed by atoms with Gasteiger partial charge in [-0.05, 0) is 44.4 Å². The van der Waals surface area contributed by atoms with Gasteiger partial charge in [0.25, 0.3) is 5.91 Å². The van der Waals surface area contributed by atoms with E-state index in [-0.39, 0.29) is 5.91 Å². The van der Waals surface area contributed by atoms with Crippen molar-refractivity contribution in [2.45, 2.75) is 44.2 Å². The van der Waals surface area contributed by atoms with E-state index in [4.69, 9.17) is 4.74 Å². The van der Waals surface area contributed by atoms with Crippen molar-refractivity contribution >= 4 is 17.2 Å². The molecule has 27 heavy (non-hydrogen) atoms. The van der Waals surface area contributed by atoms with E-state index in [2.05, 4.69) is 20.9 Å². The first-order chi connectivity index (χ1) is 13.3. The van der Waals surface area contributed by atoms with Crippen LogP contribution in [-0.4, -0.2) is 53.7 Å². The van der Waals surface area contributed by atoms with Crippen LogP contribution in [0, 0.1) is 0 Å². The summed E-state index contributed by atoms with van der Waals surface area (Å²) in [4.78, 5) is 21.7. The zero-order valence-electron chi connectivity index (χ0n) is 15.9. The second kappa shape index (κ2) is 8.54. The Bertz CT molecular complexity index is 758. The molecule has 1 N–H and O–H groups in total. The Kier molecular flexibility index (Phi) is 5.90. The molecule has 2 aromatic rings. The summed E-state index contributed by atoms with van der Waals surface area (Å²) in [5.41, 5.74) is 0. The molecule has 6 nitrogen and oxygen atoms in total. The Balaban J connectivity index is 1.35. The third-order valence-electron chi connectivity index (χ3n) is 5.67. The molecule has 0 aliphatic carbocycles. The van der Waals surface area contributed by atoms with Gasteiger partial charge in [0, 0.05) is 56.0 Å². The van der Waals surface area contributed by atoms with Gasteiger partial charge >= 0.3 is 0 Å². The highest BCUT2D eigenvalue weighted by Gasteiger charge is 2.28. The molecule has 2 saturated heterocycles. The normalized spacial score (nSPS) is 21.1. The van der Waals surface area contributed by atoms with Gasteiger partial charge in [0.15, 0.2) is 0 Å². The van der Waals surface area contributed by atoms with E-state index in [0.29, 0.717) is 18.6 Å². The third-order valence-corrected chi connectivity index (χ3v) is 6.86. The molecule has 0 bridgehead atoms. The van der Waals surface area contributed by atoms with E-state index in [1.165, 1.54) is 17.7 Å². The summed E-state index contributed by atoms with van der Waals surface area (Å²) in [6, 6.07) is 4.57. The summed E-state index contributed by atoms with van der Waals surface area (Å²) >= 11 is 1.66. The van der Waals surface area contributed by atoms with Gasteiger partial charge < -0.3 is 19.5 Å². The number of nitrogens with zero attached hydrogens (tertiary/aromatic N) is 3. The number of piperidine rings is 1. The van der Waals surface area contributed by atoms with E-state index in [9.17, 15) is 4.79 Å². The first-order valence-corrected chi connectivity index (χ1v) is 10.7. The molecular weight excluding hydrogens is 360 g/mol. The minimum atomic E-state index is 0.186. The molecule has 0 spiro atoms. The van der Waals surface area contributed by atoms with Crippen molar-refractivity contribution in [1.29, 1.82) is 0 Å². The average molecular weight is 389 g/mol. The summed E-state index contributed by atoms with van der Waals surface area (Å²) in [5.74, 6) is 1.73. The number of ether oxygens (including phenoxy) is 1. The van der Waals surface area contributed by atoms with Gasteiger partial charge in [0.1, 0.15) is 5.82 Å². The van der Waals surface area contributed by atoms with Crippen LogP contribution in [0.25, 0.3) is 0 Å². The van der Waals surface area contributed by atoms with E-state index >= 15 is 0 Å². The fourth-order valence-electron chi connectivity index (χ4n) is 4.14. The first kappa shape index (κ1) is 18.7. The summed E-state index contributed by atoms with van der Waals surface area (Å²) in [7, 11) is 1.72. The Morgan fingerprint density at radius 1 is 1.33 bits per heavy atom. The van der Waals surface area contributed by atoms with Crippen LogP contribution in [0.1, 0.15) is 58.0 Å². The number of hydrogen-bond acceptors (Lipinski definition) is 5. The number of thiophene rings is 1. The summed E-state index contributed by atoms with van der Waals surface area (Å²) in [5, 5.41) is 3.51. The van der Waals surface area contributed by atoms with Gasteiger partial charge in [-0.1, -0.05) is 0 Å². The Morgan fingerprint density at radius 2 is 2.19 bits per heavy atom. The Hall–Kier alpha value is -1.70. The molecule has 1 amide bonds. The van der Waals surface area contributed by atoms with Crippen molar-refractivity contribution in [3.05, 3.63) is 40.1 Å². The van der Waals surface area contributed by atoms with Crippen LogP contribution < -0.4 is 5.32 Å². The predicted molar refractivity (Wildman–Crippen MR) is 106 cm³/mol. The zero-order valence-corrected chi connectivity index (χ0v) is 16.7. The standard InChI is InChI=1S/C20H28N4O2S/c1-26-14-13-23-12-9-22-19(23)15-6-10-24(11-7-15)20(25)18-5-4-17(27-18)16-3-2-8-21-16/h4-5,9,12,15-16,21H,2-3,6-8,10-11,13-14H2,1H3. The van der Waals surface area contributed by atoms with Gasteiger partial charge in [-0.15, -0.1) is 11.3 Å². The monoisotopic (exact) mass is 388 g/mol. The molecule has 1 unspecified atom stereocenters. The van der Waals surface area contributed by atoms with E-state index < -0.39 is 0 Å². The van der Waals surface area contributed by atoms with Crippen molar-refractivity contribution in [2.24, 2.45) is 0 Å². The lowest BCUT2D eigenvalue weighted by Gasteiger charge is -2.31. The number of carbonyl (C=O) groups excluding carboxylic acids is 1. The Morgan fingerprint density at radius 3 is 2.93 bits per heavy atom. The van der Waals surface area contributed by atoms with Gasteiger partial charge in [-0.3, -0.25) is 4.79 Å². The maximum atomic E-state index is 12.9. The lowest BCUT2D eigenvalue weighted by Crippen LogP contribution is -2.38. The number of amides is 1. The van der Waals surface area contributed by atoms with Gasteiger partial charge in [0.05, 0.1) is 11.5 Å². The Labute approximate surface area is 164 Å². The number of imidazole rings is 1. The van der Waals surface area contributed by atoms with Crippen LogP contribution in [0.2, 0.25) is 0 Å². The first-order valence-electron chi connectivity index (χ1n) is 9.88. The minimum absolute atomic E-state index is 0.186. The second-order valence-electron chi connectivity index (χ2n) is 7.39. The smallest absolute Gasteiger partial charge is 0.263 e. The van der Waals surface area contributed by atoms with Crippen LogP contribution >= 0.6 is 11.3 Å². The number of nitrogens with one attached hydrogen (secondary N) is 1. The molecule has 0 aromatic carbocycles. The van der Waals surface area contributed by atoms with E-state index in [1.807, 2.05) is 23.4 Å². The number of carbonyl (C=O) groups is 1. The number of rotatable bonds is 6. The van der Waals surface area contributed by atoms with Crippen LogP contribution in [0.3, 0.4) is 0 Å². The highest BCUT2D eigenvalue weighted by Crippen LogP contribution is 2.32. The molecule has 7 heteroatoms. The topological polar surface area (TPSA) is 59.4 Å². The maximum absolute atomic E-state index is 12.9. The van der Waals surface area contributed by atoms with Crippen molar-refractivity contribution in [2.75, 3.05) is 33.4 Å². The zero-order chi connectivity index (χ0) is 18.6. The maximum Gasteiger partial charge on any atom is 0.263 e. The van der Waals surface area contributed by atoms with Crippen molar-refractivity contribution < 1.29 is 9.53 Å². The van der Waals surface area contributed by atoms with Crippen LogP contribution in [0.5, 0.6) is 0 Å². The molecule has 2 aromatic heterocycles. The quantitative estimate of drug-likeness (QED) is 0.826. The van der Waals surface area contributed by atoms with Crippen molar-refractivity contribution in [3.8, 4) is 0 Å². The molecule has 2 fully saturated rings. The fraction of sp³-hybridized carbons (Fsp3) is 0.600. The van der Waals surface area contributed by atoms with Crippen LogP contribution in [-0.2, 0) is 11.3 Å². The highest BCUT2D eigenvalue weighted by atomic mass is 32.1. The lowest BCUT2D eigenvalue weighted by atomic mass is 9.95. The molecular formula is C20H28N4O2S. The van der Waals surface area contributed by atoms with Gasteiger partial charge in [0.2, 0.25) is 0 Å². The minimum Gasteiger partial charge on any atom is -0.383 e. The molecule has 2 aliphatic heterocycles. The van der Waals surface area contributed by atoms with Gasteiger partial charge in [-0.25, -0.2) is 4.98 Å².